The number of carbonyl (C=O) groups excluding carboxylic acids is 3. The van der Waals surface area contributed by atoms with E-state index in [4.69, 9.17) is 0 Å². The Balaban J connectivity index is 1.64. The molecular weight excluding hydrogens is 539 g/mol. The molecule has 1 unspecified atom stereocenters. The first-order valence-corrected chi connectivity index (χ1v) is 13.4. The van der Waals surface area contributed by atoms with Gasteiger partial charge in [0.15, 0.2) is 6.10 Å². The molecule has 0 radical (unpaired) electrons. The number of aromatic hydroxyl groups is 1. The van der Waals surface area contributed by atoms with Crippen LogP contribution < -0.4 is 5.32 Å². The summed E-state index contributed by atoms with van der Waals surface area (Å²) >= 11 is 0. The number of aliphatic hydroxyl groups is 1. The van der Waals surface area contributed by atoms with Gasteiger partial charge < -0.3 is 25.3 Å². The standard InChI is InChI=1S/C30H36F3N3O5/c1-16-10-20(17(2)22(37)11-16)25(39)34-21(13-18-8-7-9-19(31)12-18)23(38)26(40)35-15-30(32,33)29(6)24(35)27(41)36(29)14-28(3,4)5/h7-12,21,23-24,37-38H,13-15H2,1-6H3,(H,34,39)/t21-,23-,24+,29?/m0/s1. The Kier molecular flexibility index (Phi) is 7.66. The number of nitrogens with one attached hydrogen (secondary N) is 1. The molecule has 0 saturated carbocycles. The normalized spacial score (nSPS) is 23.1. The van der Waals surface area contributed by atoms with Gasteiger partial charge in [0, 0.05) is 17.7 Å². The molecule has 2 aliphatic rings. The first-order valence-electron chi connectivity index (χ1n) is 13.4. The minimum absolute atomic E-state index is 0.0555. The molecule has 2 fully saturated rings. The lowest BCUT2D eigenvalue weighted by Crippen LogP contribution is -2.79. The zero-order chi connectivity index (χ0) is 30.7. The van der Waals surface area contributed by atoms with Gasteiger partial charge in [0.1, 0.15) is 23.1 Å². The molecule has 0 spiro atoms. The molecule has 4 atom stereocenters. The molecule has 2 aromatic rings. The van der Waals surface area contributed by atoms with E-state index >= 15 is 8.78 Å². The van der Waals surface area contributed by atoms with Crippen LogP contribution in [0.4, 0.5) is 13.2 Å². The van der Waals surface area contributed by atoms with Gasteiger partial charge in [0.2, 0.25) is 5.91 Å². The van der Waals surface area contributed by atoms with E-state index in [0.29, 0.717) is 16.0 Å². The number of benzene rings is 2. The number of halogens is 3. The van der Waals surface area contributed by atoms with Crippen molar-refractivity contribution in [3.8, 4) is 5.75 Å². The Bertz CT molecular complexity index is 1390. The third kappa shape index (κ3) is 5.39. The lowest BCUT2D eigenvalue weighted by Gasteiger charge is -2.56. The maximum absolute atomic E-state index is 15.4. The zero-order valence-electron chi connectivity index (χ0n) is 24.0. The molecule has 2 heterocycles. The highest BCUT2D eigenvalue weighted by atomic mass is 19.3. The molecule has 0 aliphatic carbocycles. The van der Waals surface area contributed by atoms with Gasteiger partial charge in [-0.2, -0.15) is 0 Å². The fourth-order valence-electron chi connectivity index (χ4n) is 5.74. The summed E-state index contributed by atoms with van der Waals surface area (Å²) in [5.41, 5.74) is -1.17. The Morgan fingerprint density at radius 2 is 1.83 bits per heavy atom. The topological polar surface area (TPSA) is 110 Å². The number of hydrogen-bond donors (Lipinski definition) is 3. The Labute approximate surface area is 237 Å². The third-order valence-corrected chi connectivity index (χ3v) is 7.99. The number of phenols is 1. The number of carbonyl (C=O) groups is 3. The number of hydrogen-bond acceptors (Lipinski definition) is 5. The van der Waals surface area contributed by atoms with E-state index in [1.54, 1.807) is 6.92 Å². The first kappa shape index (κ1) is 30.4. The molecule has 3 amide bonds. The molecule has 8 nitrogen and oxygen atoms in total. The van der Waals surface area contributed by atoms with Gasteiger partial charge in [-0.25, -0.2) is 13.2 Å². The van der Waals surface area contributed by atoms with Crippen molar-refractivity contribution in [2.45, 2.75) is 77.6 Å². The highest BCUT2D eigenvalue weighted by Gasteiger charge is 2.77. The van der Waals surface area contributed by atoms with E-state index in [-0.39, 0.29) is 29.8 Å². The van der Waals surface area contributed by atoms with E-state index in [2.05, 4.69) is 5.32 Å². The van der Waals surface area contributed by atoms with E-state index < -0.39 is 65.1 Å². The van der Waals surface area contributed by atoms with Crippen LogP contribution in [0, 0.1) is 25.1 Å². The van der Waals surface area contributed by atoms with Gasteiger partial charge in [-0.3, -0.25) is 14.4 Å². The Morgan fingerprint density at radius 3 is 2.44 bits per heavy atom. The predicted molar refractivity (Wildman–Crippen MR) is 145 cm³/mol. The fourth-order valence-corrected chi connectivity index (χ4v) is 5.74. The molecule has 41 heavy (non-hydrogen) atoms. The molecular formula is C30H36F3N3O5. The van der Waals surface area contributed by atoms with Crippen LogP contribution >= 0.6 is 0 Å². The SMILES string of the molecule is Cc1cc(O)c(C)c(C(=O)N[C@@H](Cc2cccc(F)c2)[C@H](O)C(=O)N2CC(F)(F)C3(C)[C@H]2C(=O)N3CC(C)(C)C)c1. The second-order valence-electron chi connectivity index (χ2n) is 12.5. The van der Waals surface area contributed by atoms with Crippen molar-refractivity contribution in [3.63, 3.8) is 0 Å². The fraction of sp³-hybridized carbons (Fsp3) is 0.500. The number of alkyl halides is 2. The van der Waals surface area contributed by atoms with Gasteiger partial charge in [-0.15, -0.1) is 0 Å². The van der Waals surface area contributed by atoms with Crippen LogP contribution in [-0.4, -0.2) is 80.5 Å². The van der Waals surface area contributed by atoms with Crippen molar-refractivity contribution in [3.05, 3.63) is 64.5 Å². The summed E-state index contributed by atoms with van der Waals surface area (Å²) in [6.45, 7) is 8.84. The number of phenolic OH excluding ortho intramolecular Hbond substituents is 1. The average Bonchev–Trinajstić information content (AvgIpc) is 3.06. The van der Waals surface area contributed by atoms with Crippen LogP contribution in [0.5, 0.6) is 5.75 Å². The smallest absolute Gasteiger partial charge is 0.290 e. The molecule has 2 aliphatic heterocycles. The Morgan fingerprint density at radius 1 is 1.17 bits per heavy atom. The number of aliphatic hydroxyl groups excluding tert-OH is 1. The zero-order valence-corrected chi connectivity index (χ0v) is 24.0. The van der Waals surface area contributed by atoms with Crippen molar-refractivity contribution < 1.29 is 37.8 Å². The van der Waals surface area contributed by atoms with Crippen LogP contribution in [0.15, 0.2) is 36.4 Å². The van der Waals surface area contributed by atoms with Gasteiger partial charge in [-0.1, -0.05) is 32.9 Å². The summed E-state index contributed by atoms with van der Waals surface area (Å²) in [6, 6.07) is 5.45. The quantitative estimate of drug-likeness (QED) is 0.439. The summed E-state index contributed by atoms with van der Waals surface area (Å²) in [7, 11) is 0. The summed E-state index contributed by atoms with van der Waals surface area (Å²) in [4.78, 5) is 41.8. The minimum atomic E-state index is -3.45. The number of β-lactam (4-membered cyclic amide) rings is 1. The van der Waals surface area contributed by atoms with Crippen LogP contribution in [0.3, 0.4) is 0 Å². The van der Waals surface area contributed by atoms with Gasteiger partial charge in [-0.05, 0) is 68.0 Å². The van der Waals surface area contributed by atoms with Gasteiger partial charge >= 0.3 is 0 Å². The van der Waals surface area contributed by atoms with Crippen molar-refractivity contribution in [1.29, 1.82) is 0 Å². The summed E-state index contributed by atoms with van der Waals surface area (Å²) in [5.74, 6) is -6.69. The number of rotatable bonds is 7. The minimum Gasteiger partial charge on any atom is -0.508 e. The van der Waals surface area contributed by atoms with Crippen LogP contribution in [-0.2, 0) is 16.0 Å². The van der Waals surface area contributed by atoms with E-state index in [1.807, 2.05) is 20.8 Å². The lowest BCUT2D eigenvalue weighted by molar-refractivity contribution is -0.194. The summed E-state index contributed by atoms with van der Waals surface area (Å²) < 4.78 is 44.8. The third-order valence-electron chi connectivity index (χ3n) is 7.99. The van der Waals surface area contributed by atoms with Crippen molar-refractivity contribution in [2.75, 3.05) is 13.1 Å². The summed E-state index contributed by atoms with van der Waals surface area (Å²) in [5, 5.41) is 24.0. The van der Waals surface area contributed by atoms with E-state index in [9.17, 15) is 29.0 Å². The number of fused-ring (bicyclic) bond motifs is 1. The largest absolute Gasteiger partial charge is 0.508 e. The van der Waals surface area contributed by atoms with Crippen molar-refractivity contribution in [2.24, 2.45) is 5.41 Å². The molecule has 2 saturated heterocycles. The number of nitrogens with zero attached hydrogens (tertiary/aromatic N) is 2. The van der Waals surface area contributed by atoms with Crippen molar-refractivity contribution >= 4 is 17.7 Å². The van der Waals surface area contributed by atoms with E-state index in [1.165, 1.54) is 50.2 Å². The predicted octanol–water partition coefficient (Wildman–Crippen LogP) is 3.34. The van der Waals surface area contributed by atoms with Crippen LogP contribution in [0.2, 0.25) is 0 Å². The summed E-state index contributed by atoms with van der Waals surface area (Å²) in [6.07, 6.45) is -2.26. The van der Waals surface area contributed by atoms with Gasteiger partial charge in [0.05, 0.1) is 12.6 Å². The maximum atomic E-state index is 15.4. The molecule has 222 valence electrons. The molecule has 0 aromatic heterocycles. The highest BCUT2D eigenvalue weighted by molar-refractivity contribution is 5.99. The molecule has 11 heteroatoms. The highest BCUT2D eigenvalue weighted by Crippen LogP contribution is 2.53. The van der Waals surface area contributed by atoms with Crippen LogP contribution in [0.1, 0.15) is 54.7 Å². The average molecular weight is 576 g/mol. The van der Waals surface area contributed by atoms with Crippen LogP contribution in [0.25, 0.3) is 0 Å². The van der Waals surface area contributed by atoms with Crippen molar-refractivity contribution in [1.82, 2.24) is 15.1 Å². The lowest BCUT2D eigenvalue weighted by atomic mass is 9.76. The second-order valence-corrected chi connectivity index (χ2v) is 12.5. The van der Waals surface area contributed by atoms with Gasteiger partial charge in [0.25, 0.3) is 17.7 Å². The number of amides is 3. The molecule has 2 aromatic carbocycles. The molecule has 4 rings (SSSR count). The number of aryl methyl sites for hydroxylation is 1. The van der Waals surface area contributed by atoms with E-state index in [0.717, 1.165) is 4.90 Å². The maximum Gasteiger partial charge on any atom is 0.290 e. The first-order chi connectivity index (χ1) is 18.9. The molecule has 3 N–H and O–H groups in total. The second kappa shape index (κ2) is 10.3. The molecule has 0 bridgehead atoms. The Hall–Kier alpha value is -3.60. The number of likely N-dealkylation sites (tertiary alicyclic amines) is 2. The monoisotopic (exact) mass is 575 g/mol.